The Bertz CT molecular complexity index is 693. The van der Waals surface area contributed by atoms with Crippen molar-refractivity contribution >= 4 is 28.8 Å². The van der Waals surface area contributed by atoms with E-state index in [4.69, 9.17) is 4.74 Å². The first-order chi connectivity index (χ1) is 13.6. The Balaban J connectivity index is 1.26. The Morgan fingerprint density at radius 2 is 1.93 bits per heavy atom. The van der Waals surface area contributed by atoms with Crippen LogP contribution in [0.3, 0.4) is 0 Å². The van der Waals surface area contributed by atoms with Crippen LogP contribution >= 0.6 is 11.8 Å². The summed E-state index contributed by atoms with van der Waals surface area (Å²) in [6.45, 7) is 9.21. The van der Waals surface area contributed by atoms with Crippen molar-refractivity contribution < 1.29 is 14.3 Å². The van der Waals surface area contributed by atoms with E-state index in [1.165, 1.54) is 25.7 Å². The second kappa shape index (κ2) is 7.90. The highest BCUT2D eigenvalue weighted by Crippen LogP contribution is 2.51. The van der Waals surface area contributed by atoms with Gasteiger partial charge in [0.2, 0.25) is 0 Å². The summed E-state index contributed by atoms with van der Waals surface area (Å²) in [4.78, 5) is 31.3. The highest BCUT2D eigenvalue weighted by atomic mass is 32.2. The normalized spacial score (nSPS) is 35.3. The lowest BCUT2D eigenvalue weighted by Crippen LogP contribution is -2.43. The summed E-state index contributed by atoms with van der Waals surface area (Å²) in [6, 6.07) is 0. The van der Waals surface area contributed by atoms with Gasteiger partial charge < -0.3 is 9.64 Å². The number of nitrogens with zero attached hydrogens (tertiary/aromatic N) is 2. The molecule has 0 spiro atoms. The number of fused-ring (bicyclic) bond motifs is 2. The number of aliphatic imine (C=N–C) groups is 1. The van der Waals surface area contributed by atoms with Crippen LogP contribution in [-0.2, 0) is 9.53 Å². The van der Waals surface area contributed by atoms with Gasteiger partial charge in [-0.1, -0.05) is 18.2 Å². The first-order valence-corrected chi connectivity index (χ1v) is 12.2. The zero-order chi connectivity index (χ0) is 20.8. The van der Waals surface area contributed by atoms with E-state index in [1.807, 2.05) is 25.7 Å². The number of rotatable bonds is 4. The highest BCUT2D eigenvalue weighted by Gasteiger charge is 2.46. The van der Waals surface area contributed by atoms with Gasteiger partial charge in [0.1, 0.15) is 10.3 Å². The second-order valence-corrected chi connectivity index (χ2v) is 12.5. The Hall–Kier alpha value is -1.04. The van der Waals surface area contributed by atoms with Crippen LogP contribution in [-0.4, -0.2) is 45.4 Å². The molecule has 29 heavy (non-hydrogen) atoms. The molecule has 6 heteroatoms. The van der Waals surface area contributed by atoms with Crippen molar-refractivity contribution in [3.05, 3.63) is 0 Å². The fourth-order valence-electron chi connectivity index (χ4n) is 5.82. The summed E-state index contributed by atoms with van der Waals surface area (Å²) in [6.07, 6.45) is 9.09. The molecule has 2 heterocycles. The first kappa shape index (κ1) is 21.2. The number of amides is 2. The highest BCUT2D eigenvalue weighted by molar-refractivity contribution is 8.16. The molecule has 5 nitrogen and oxygen atoms in total. The minimum atomic E-state index is -0.457. The van der Waals surface area contributed by atoms with E-state index in [-0.39, 0.29) is 12.0 Å². The zero-order valence-corrected chi connectivity index (χ0v) is 19.2. The van der Waals surface area contributed by atoms with Gasteiger partial charge in [-0.05, 0) is 96.3 Å². The largest absolute Gasteiger partial charge is 0.444 e. The van der Waals surface area contributed by atoms with Crippen LogP contribution in [0.5, 0.6) is 0 Å². The molecule has 3 fully saturated rings. The maximum Gasteiger partial charge on any atom is 0.410 e. The fourth-order valence-corrected chi connectivity index (χ4v) is 7.22. The Labute approximate surface area is 179 Å². The molecule has 4 rings (SSSR count). The van der Waals surface area contributed by atoms with Crippen molar-refractivity contribution in [2.45, 2.75) is 89.4 Å². The monoisotopic (exact) mass is 420 g/mol. The van der Waals surface area contributed by atoms with Gasteiger partial charge in [0, 0.05) is 13.1 Å². The summed E-state index contributed by atoms with van der Waals surface area (Å²) in [7, 11) is 0. The molecule has 4 atom stereocenters. The van der Waals surface area contributed by atoms with Gasteiger partial charge in [0.15, 0.2) is 0 Å². The van der Waals surface area contributed by atoms with Gasteiger partial charge in [-0.3, -0.25) is 4.79 Å². The standard InChI is InChI=1S/C23H36N2O3S/c1-22(2,3)28-21(27)25-9-7-15(8-10-25)14-23(4)20(26)24-19(29-23)13-18-12-16-5-6-17(18)11-16/h15-18H,5-14H2,1-4H3/t16?,17?,18-,23?/m1/s1. The molecule has 2 saturated carbocycles. The molecule has 2 aliphatic heterocycles. The lowest BCUT2D eigenvalue weighted by atomic mass is 9.86. The quantitative estimate of drug-likeness (QED) is 0.621. The third-order valence-electron chi connectivity index (χ3n) is 7.29. The number of carbonyl (C=O) groups excluding carboxylic acids is 2. The summed E-state index contributed by atoms with van der Waals surface area (Å²) in [5, 5.41) is 1.08. The summed E-state index contributed by atoms with van der Waals surface area (Å²) >= 11 is 1.74. The number of carbonyl (C=O) groups is 2. The van der Waals surface area contributed by atoms with Crippen molar-refractivity contribution in [2.75, 3.05) is 13.1 Å². The summed E-state index contributed by atoms with van der Waals surface area (Å²) in [5.74, 6) is 3.10. The Kier molecular flexibility index (Phi) is 5.77. The average Bonchev–Trinajstić information content (AvgIpc) is 3.30. The molecule has 0 N–H and O–H groups in total. The van der Waals surface area contributed by atoms with Gasteiger partial charge in [-0.15, -0.1) is 0 Å². The van der Waals surface area contributed by atoms with Crippen LogP contribution in [0.1, 0.15) is 79.1 Å². The smallest absolute Gasteiger partial charge is 0.410 e. The molecule has 3 unspecified atom stereocenters. The van der Waals surface area contributed by atoms with Crippen LogP contribution < -0.4 is 0 Å². The topological polar surface area (TPSA) is 59.0 Å². The average molecular weight is 421 g/mol. The minimum Gasteiger partial charge on any atom is -0.444 e. The second-order valence-electron chi connectivity index (χ2n) is 10.9. The molecule has 1 saturated heterocycles. The fraction of sp³-hybridized carbons (Fsp3) is 0.870. The number of hydrogen-bond donors (Lipinski definition) is 0. The number of ether oxygens (including phenoxy) is 1. The van der Waals surface area contributed by atoms with Crippen LogP contribution in [0.15, 0.2) is 4.99 Å². The van der Waals surface area contributed by atoms with Crippen molar-refractivity contribution in [3.8, 4) is 0 Å². The van der Waals surface area contributed by atoms with E-state index in [2.05, 4.69) is 11.9 Å². The van der Waals surface area contributed by atoms with Crippen LogP contribution in [0.2, 0.25) is 0 Å². The maximum atomic E-state index is 12.8. The molecule has 2 aliphatic carbocycles. The third-order valence-corrected chi connectivity index (χ3v) is 8.57. The van der Waals surface area contributed by atoms with E-state index in [0.29, 0.717) is 19.0 Å². The van der Waals surface area contributed by atoms with E-state index >= 15 is 0 Å². The Morgan fingerprint density at radius 3 is 2.52 bits per heavy atom. The number of thioether (sulfide) groups is 1. The summed E-state index contributed by atoms with van der Waals surface area (Å²) < 4.78 is 5.08. The molecule has 2 bridgehead atoms. The first-order valence-electron chi connectivity index (χ1n) is 11.4. The van der Waals surface area contributed by atoms with Crippen molar-refractivity contribution in [3.63, 3.8) is 0 Å². The molecule has 0 aromatic heterocycles. The van der Waals surface area contributed by atoms with Gasteiger partial charge in [-0.2, -0.15) is 0 Å². The molecule has 2 amide bonds. The van der Waals surface area contributed by atoms with E-state index in [0.717, 1.165) is 48.5 Å². The van der Waals surface area contributed by atoms with Crippen molar-refractivity contribution in [2.24, 2.45) is 28.7 Å². The number of piperidine rings is 1. The summed E-state index contributed by atoms with van der Waals surface area (Å²) in [5.41, 5.74) is -0.457. The maximum absolute atomic E-state index is 12.8. The van der Waals surface area contributed by atoms with Crippen LogP contribution in [0, 0.1) is 23.7 Å². The molecule has 162 valence electrons. The molecular weight excluding hydrogens is 384 g/mol. The van der Waals surface area contributed by atoms with Gasteiger partial charge in [-0.25, -0.2) is 9.79 Å². The van der Waals surface area contributed by atoms with Crippen molar-refractivity contribution in [1.82, 2.24) is 4.90 Å². The van der Waals surface area contributed by atoms with E-state index in [9.17, 15) is 9.59 Å². The van der Waals surface area contributed by atoms with Crippen LogP contribution in [0.25, 0.3) is 0 Å². The Morgan fingerprint density at radius 1 is 1.21 bits per heavy atom. The number of likely N-dealkylation sites (tertiary alicyclic amines) is 1. The van der Waals surface area contributed by atoms with E-state index < -0.39 is 10.3 Å². The molecule has 0 radical (unpaired) electrons. The minimum absolute atomic E-state index is 0.0650. The number of hydrogen-bond acceptors (Lipinski definition) is 4. The van der Waals surface area contributed by atoms with Crippen LogP contribution in [0.4, 0.5) is 4.79 Å². The third kappa shape index (κ3) is 4.83. The lowest BCUT2D eigenvalue weighted by Gasteiger charge is -2.35. The zero-order valence-electron chi connectivity index (χ0n) is 18.4. The van der Waals surface area contributed by atoms with E-state index in [1.54, 1.807) is 11.8 Å². The molecular formula is C23H36N2O3S. The molecule has 0 aromatic rings. The lowest BCUT2D eigenvalue weighted by molar-refractivity contribution is -0.120. The SMILES string of the molecule is CC(C)(C)OC(=O)N1CCC(CC2(C)SC(C[C@H]3CC4CCC3C4)=NC2=O)CC1. The van der Waals surface area contributed by atoms with Gasteiger partial charge in [0.05, 0.1) is 5.04 Å². The molecule has 4 aliphatic rings. The van der Waals surface area contributed by atoms with Gasteiger partial charge >= 0.3 is 6.09 Å². The van der Waals surface area contributed by atoms with Gasteiger partial charge in [0.25, 0.3) is 5.91 Å². The molecule has 0 aromatic carbocycles. The van der Waals surface area contributed by atoms with Crippen molar-refractivity contribution in [1.29, 1.82) is 0 Å². The predicted octanol–water partition coefficient (Wildman–Crippen LogP) is 5.28. The predicted molar refractivity (Wildman–Crippen MR) is 117 cm³/mol.